The Hall–Kier alpha value is -3.62. The van der Waals surface area contributed by atoms with Crippen LogP contribution in [-0.2, 0) is 5.54 Å². The fraction of sp³-hybridized carbons (Fsp3) is 0.125. The number of fused-ring (bicyclic) bond motifs is 1. The van der Waals surface area contributed by atoms with Crippen LogP contribution >= 0.6 is 0 Å². The van der Waals surface area contributed by atoms with Crippen molar-refractivity contribution in [2.75, 3.05) is 0 Å². The molecule has 0 radical (unpaired) electrons. The van der Waals surface area contributed by atoms with Crippen LogP contribution in [0.15, 0.2) is 79.5 Å². The smallest absolute Gasteiger partial charge is 0.280 e. The Labute approximate surface area is 182 Å². The van der Waals surface area contributed by atoms with Gasteiger partial charge in [0.25, 0.3) is 6.43 Å². The van der Waals surface area contributed by atoms with Crippen LogP contribution in [0.1, 0.15) is 40.5 Å². The van der Waals surface area contributed by atoms with Crippen LogP contribution in [0.4, 0.5) is 13.2 Å². The first-order valence-electron chi connectivity index (χ1n) is 9.93. The van der Waals surface area contributed by atoms with Crippen LogP contribution in [-0.4, -0.2) is 15.0 Å². The summed E-state index contributed by atoms with van der Waals surface area (Å²) in [7, 11) is 0. The van der Waals surface area contributed by atoms with Crippen molar-refractivity contribution in [1.82, 2.24) is 20.3 Å². The average molecular weight is 433 g/mol. The van der Waals surface area contributed by atoms with E-state index in [4.69, 9.17) is 5.73 Å². The topological polar surface area (TPSA) is 76.7 Å². The quantitative estimate of drug-likeness (QED) is 0.497. The molecule has 2 aromatic carbocycles. The van der Waals surface area contributed by atoms with Gasteiger partial charge in [0.05, 0.1) is 11.7 Å². The summed E-state index contributed by atoms with van der Waals surface area (Å²) in [5.74, 6) is -0.458. The number of nitrogens with one attached hydrogen (secondary N) is 1. The van der Waals surface area contributed by atoms with Crippen molar-refractivity contribution in [3.8, 4) is 11.1 Å². The van der Waals surface area contributed by atoms with E-state index in [2.05, 4.69) is 20.3 Å². The lowest BCUT2D eigenvalue weighted by Crippen LogP contribution is -2.42. The summed E-state index contributed by atoms with van der Waals surface area (Å²) in [6.45, 7) is 0. The highest BCUT2D eigenvalue weighted by molar-refractivity contribution is 5.66. The van der Waals surface area contributed by atoms with Crippen LogP contribution in [0.2, 0.25) is 0 Å². The molecule has 32 heavy (non-hydrogen) atoms. The molecule has 0 fully saturated rings. The van der Waals surface area contributed by atoms with Gasteiger partial charge in [-0.15, -0.1) is 0 Å². The summed E-state index contributed by atoms with van der Waals surface area (Å²) in [6.07, 6.45) is 2.55. The Kier molecular flexibility index (Phi) is 4.96. The molecular weight excluding hydrogens is 415 g/mol. The number of alkyl halides is 2. The maximum atomic E-state index is 14.8. The van der Waals surface area contributed by atoms with Gasteiger partial charge < -0.3 is 5.73 Å². The van der Waals surface area contributed by atoms with Crippen LogP contribution in [0.5, 0.6) is 0 Å². The normalized spacial score (nSPS) is 19.8. The molecule has 160 valence electrons. The molecular formula is C24H18F3N5. The van der Waals surface area contributed by atoms with Gasteiger partial charge in [-0.05, 0) is 46.5 Å². The highest BCUT2D eigenvalue weighted by Crippen LogP contribution is 2.47. The zero-order chi connectivity index (χ0) is 22.3. The Morgan fingerprint density at radius 2 is 1.69 bits per heavy atom. The summed E-state index contributed by atoms with van der Waals surface area (Å²) in [5, 5.41) is 3.28. The van der Waals surface area contributed by atoms with Crippen molar-refractivity contribution in [3.63, 3.8) is 0 Å². The maximum absolute atomic E-state index is 14.8. The minimum absolute atomic E-state index is 0.302. The molecule has 0 bridgehead atoms. The van der Waals surface area contributed by atoms with Crippen molar-refractivity contribution in [3.05, 3.63) is 113 Å². The largest absolute Gasteiger partial charge is 0.312 e. The van der Waals surface area contributed by atoms with Crippen molar-refractivity contribution < 1.29 is 13.2 Å². The van der Waals surface area contributed by atoms with Crippen molar-refractivity contribution >= 4 is 0 Å². The predicted molar refractivity (Wildman–Crippen MR) is 113 cm³/mol. The standard InChI is InChI=1S/C24H18F3N5/c25-19-6-2-5-18-21(19)23(28)32-24(18,17-7-8-31-20(10-17)22(26)27)16-4-1-3-14(9-16)15-11-29-13-30-12-15/h1-13,22-23,32H,28H2. The lowest BCUT2D eigenvalue weighted by molar-refractivity contribution is 0.146. The summed E-state index contributed by atoms with van der Waals surface area (Å²) < 4.78 is 41.8. The Bertz CT molecular complexity index is 1280. The number of aromatic nitrogens is 3. The molecule has 2 unspecified atom stereocenters. The lowest BCUT2D eigenvalue weighted by atomic mass is 9.77. The van der Waals surface area contributed by atoms with E-state index in [0.29, 0.717) is 22.3 Å². The molecule has 0 aliphatic carbocycles. The predicted octanol–water partition coefficient (Wildman–Crippen LogP) is 4.47. The fourth-order valence-electron chi connectivity index (χ4n) is 4.39. The highest BCUT2D eigenvalue weighted by Gasteiger charge is 2.46. The van der Waals surface area contributed by atoms with Gasteiger partial charge >= 0.3 is 0 Å². The van der Waals surface area contributed by atoms with E-state index < -0.39 is 23.9 Å². The van der Waals surface area contributed by atoms with Gasteiger partial charge in [0.1, 0.15) is 17.8 Å². The molecule has 2 atom stereocenters. The first-order valence-corrected chi connectivity index (χ1v) is 9.93. The molecule has 3 N–H and O–H groups in total. The van der Waals surface area contributed by atoms with Gasteiger partial charge in [-0.2, -0.15) is 0 Å². The minimum Gasteiger partial charge on any atom is -0.312 e. The van der Waals surface area contributed by atoms with Gasteiger partial charge in [0, 0.05) is 29.7 Å². The van der Waals surface area contributed by atoms with Gasteiger partial charge in [0.2, 0.25) is 0 Å². The van der Waals surface area contributed by atoms with Crippen LogP contribution in [0.3, 0.4) is 0 Å². The Balaban J connectivity index is 1.79. The minimum atomic E-state index is -2.75. The highest BCUT2D eigenvalue weighted by atomic mass is 19.3. The number of benzene rings is 2. The Morgan fingerprint density at radius 1 is 0.938 bits per heavy atom. The molecule has 2 aromatic heterocycles. The van der Waals surface area contributed by atoms with Crippen LogP contribution < -0.4 is 11.1 Å². The number of halogens is 3. The van der Waals surface area contributed by atoms with E-state index >= 15 is 0 Å². The number of hydrogen-bond donors (Lipinski definition) is 2. The van der Waals surface area contributed by atoms with E-state index in [9.17, 15) is 13.2 Å². The second-order valence-corrected chi connectivity index (χ2v) is 7.55. The molecule has 1 aliphatic rings. The number of hydrogen-bond acceptors (Lipinski definition) is 5. The molecule has 0 saturated carbocycles. The summed E-state index contributed by atoms with van der Waals surface area (Å²) >= 11 is 0. The molecule has 4 aromatic rings. The summed E-state index contributed by atoms with van der Waals surface area (Å²) in [4.78, 5) is 11.9. The third kappa shape index (κ3) is 3.16. The van der Waals surface area contributed by atoms with Crippen LogP contribution in [0, 0.1) is 5.82 Å². The van der Waals surface area contributed by atoms with E-state index in [0.717, 1.165) is 11.1 Å². The SMILES string of the molecule is NC1NC(c2cccc(-c3cncnc3)c2)(c2ccnc(C(F)F)c2)c2cccc(F)c21. The fourth-order valence-corrected chi connectivity index (χ4v) is 4.39. The molecule has 5 rings (SSSR count). The molecule has 0 spiro atoms. The first kappa shape index (κ1) is 20.3. The summed E-state index contributed by atoms with van der Waals surface area (Å²) in [6, 6.07) is 15.2. The number of nitrogens with zero attached hydrogens (tertiary/aromatic N) is 3. The van der Waals surface area contributed by atoms with Crippen molar-refractivity contribution in [2.24, 2.45) is 5.73 Å². The monoisotopic (exact) mass is 433 g/mol. The van der Waals surface area contributed by atoms with Gasteiger partial charge in [0.15, 0.2) is 0 Å². The maximum Gasteiger partial charge on any atom is 0.280 e. The lowest BCUT2D eigenvalue weighted by Gasteiger charge is -2.33. The van der Waals surface area contributed by atoms with E-state index in [1.165, 1.54) is 24.7 Å². The number of nitrogens with two attached hydrogens (primary N) is 1. The zero-order valence-corrected chi connectivity index (χ0v) is 16.7. The van der Waals surface area contributed by atoms with Crippen LogP contribution in [0.25, 0.3) is 11.1 Å². The Morgan fingerprint density at radius 3 is 2.47 bits per heavy atom. The summed E-state index contributed by atoms with van der Waals surface area (Å²) in [5.41, 5.74) is 8.47. The van der Waals surface area contributed by atoms with E-state index in [-0.39, 0.29) is 5.69 Å². The number of rotatable bonds is 4. The second kappa shape index (κ2) is 7.81. The average Bonchev–Trinajstić information content (AvgIpc) is 3.14. The van der Waals surface area contributed by atoms with E-state index in [1.807, 2.05) is 24.3 Å². The molecule has 0 saturated heterocycles. The third-order valence-corrected chi connectivity index (χ3v) is 5.77. The molecule has 0 amide bonds. The van der Waals surface area contributed by atoms with Gasteiger partial charge in [-0.3, -0.25) is 10.3 Å². The first-order chi connectivity index (χ1) is 15.5. The molecule has 5 nitrogen and oxygen atoms in total. The number of pyridine rings is 1. The van der Waals surface area contributed by atoms with Gasteiger partial charge in [-0.1, -0.05) is 30.3 Å². The molecule has 8 heteroatoms. The second-order valence-electron chi connectivity index (χ2n) is 7.55. The zero-order valence-electron chi connectivity index (χ0n) is 16.7. The van der Waals surface area contributed by atoms with Gasteiger partial charge in [-0.25, -0.2) is 23.1 Å². The molecule has 1 aliphatic heterocycles. The third-order valence-electron chi connectivity index (χ3n) is 5.77. The van der Waals surface area contributed by atoms with Crippen molar-refractivity contribution in [1.29, 1.82) is 0 Å². The van der Waals surface area contributed by atoms with Crippen molar-refractivity contribution in [2.45, 2.75) is 18.1 Å². The molecule has 3 heterocycles. The van der Waals surface area contributed by atoms with E-state index in [1.54, 1.807) is 30.6 Å².